The Balaban J connectivity index is 1.53. The van der Waals surface area contributed by atoms with Crippen LogP contribution in [0.25, 0.3) is 0 Å². The molecule has 0 unspecified atom stereocenters. The van der Waals surface area contributed by atoms with Crippen molar-refractivity contribution in [3.8, 4) is 0 Å². The van der Waals surface area contributed by atoms with Gasteiger partial charge in [-0.1, -0.05) is 60.7 Å². The maximum atomic E-state index is 12.9. The number of hydrogen-bond donors (Lipinski definition) is 0. The molecule has 29 heavy (non-hydrogen) atoms. The second-order valence-electron chi connectivity index (χ2n) is 7.39. The number of benzene rings is 2. The second kappa shape index (κ2) is 8.45. The minimum Gasteiger partial charge on any atom is -0.336 e. The van der Waals surface area contributed by atoms with Crippen molar-refractivity contribution < 1.29 is 4.79 Å². The van der Waals surface area contributed by atoms with Gasteiger partial charge in [-0.3, -0.25) is 14.5 Å². The summed E-state index contributed by atoms with van der Waals surface area (Å²) in [6.45, 7) is 2.72. The van der Waals surface area contributed by atoms with Gasteiger partial charge in [0.15, 0.2) is 0 Å². The van der Waals surface area contributed by atoms with Gasteiger partial charge in [-0.2, -0.15) is 0 Å². The lowest BCUT2D eigenvalue weighted by molar-refractivity contribution is 0.0595. The molecule has 5 nitrogen and oxygen atoms in total. The minimum absolute atomic E-state index is 0.152. The molecule has 2 aromatic carbocycles. The molecule has 0 radical (unpaired) electrons. The molecule has 1 amide bonds. The van der Waals surface area contributed by atoms with Crippen molar-refractivity contribution in [1.29, 1.82) is 0 Å². The molecule has 1 saturated heterocycles. The lowest BCUT2D eigenvalue weighted by atomic mass is 9.96. The molecule has 0 saturated carbocycles. The zero-order valence-electron chi connectivity index (χ0n) is 16.6. The van der Waals surface area contributed by atoms with Gasteiger partial charge in [-0.25, -0.2) is 0 Å². The van der Waals surface area contributed by atoms with Gasteiger partial charge in [-0.15, -0.1) is 0 Å². The van der Waals surface area contributed by atoms with Gasteiger partial charge >= 0.3 is 0 Å². The zero-order valence-corrected chi connectivity index (χ0v) is 16.6. The summed E-state index contributed by atoms with van der Waals surface area (Å²) in [7, 11) is 1.67. The fraction of sp³-hybridized carbons (Fsp3) is 0.250. The van der Waals surface area contributed by atoms with E-state index in [1.807, 2.05) is 12.1 Å². The van der Waals surface area contributed by atoms with Crippen LogP contribution in [0.1, 0.15) is 27.5 Å². The molecule has 4 rings (SSSR count). The Morgan fingerprint density at radius 3 is 1.90 bits per heavy atom. The highest BCUT2D eigenvalue weighted by atomic mass is 16.2. The zero-order chi connectivity index (χ0) is 20.2. The first-order valence-corrected chi connectivity index (χ1v) is 9.94. The average molecular weight is 387 g/mol. The molecule has 1 aromatic heterocycles. The Bertz CT molecular complexity index is 983. The predicted molar refractivity (Wildman–Crippen MR) is 114 cm³/mol. The van der Waals surface area contributed by atoms with E-state index in [-0.39, 0.29) is 23.1 Å². The van der Waals surface area contributed by atoms with E-state index in [9.17, 15) is 9.59 Å². The third-order valence-corrected chi connectivity index (χ3v) is 5.55. The third-order valence-electron chi connectivity index (χ3n) is 5.55. The highest BCUT2D eigenvalue weighted by Crippen LogP contribution is 2.29. The van der Waals surface area contributed by atoms with E-state index in [4.69, 9.17) is 0 Å². The Morgan fingerprint density at radius 1 is 0.793 bits per heavy atom. The van der Waals surface area contributed by atoms with Crippen LogP contribution in [0.3, 0.4) is 0 Å². The number of amides is 1. The molecule has 0 bridgehead atoms. The van der Waals surface area contributed by atoms with Crippen molar-refractivity contribution in [2.24, 2.45) is 7.05 Å². The number of carbonyl (C=O) groups excluding carboxylic acids is 1. The molecule has 5 heteroatoms. The van der Waals surface area contributed by atoms with Crippen molar-refractivity contribution in [3.05, 3.63) is 106 Å². The largest absolute Gasteiger partial charge is 0.336 e. The van der Waals surface area contributed by atoms with E-state index in [1.165, 1.54) is 15.7 Å². The summed E-state index contributed by atoms with van der Waals surface area (Å²) < 4.78 is 1.45. The summed E-state index contributed by atoms with van der Waals surface area (Å²) in [6.07, 6.45) is 1.67. The first kappa shape index (κ1) is 19.2. The normalized spacial score (nSPS) is 14.9. The SMILES string of the molecule is Cn1cccc(C(=O)N2CCN(C(c3ccccc3)c3ccccc3)CC2)c1=O. The average Bonchev–Trinajstić information content (AvgIpc) is 2.77. The summed E-state index contributed by atoms with van der Waals surface area (Å²) in [5.74, 6) is -0.179. The Hall–Kier alpha value is -3.18. The molecule has 1 aliphatic rings. The highest BCUT2D eigenvalue weighted by Gasteiger charge is 2.29. The first-order chi connectivity index (χ1) is 14.1. The molecule has 1 aliphatic heterocycles. The predicted octanol–water partition coefficient (Wildman–Crippen LogP) is 2.93. The van der Waals surface area contributed by atoms with Crippen LogP contribution in [0.4, 0.5) is 0 Å². The monoisotopic (exact) mass is 387 g/mol. The summed E-state index contributed by atoms with van der Waals surface area (Å²) in [5, 5.41) is 0. The van der Waals surface area contributed by atoms with E-state index in [2.05, 4.69) is 53.4 Å². The molecule has 0 aliphatic carbocycles. The number of aryl methyl sites for hydroxylation is 1. The van der Waals surface area contributed by atoms with Crippen LogP contribution in [0.2, 0.25) is 0 Å². The van der Waals surface area contributed by atoms with Crippen LogP contribution in [0.15, 0.2) is 83.8 Å². The summed E-state index contributed by atoms with van der Waals surface area (Å²) in [4.78, 5) is 29.4. The van der Waals surface area contributed by atoms with E-state index in [1.54, 1.807) is 30.3 Å². The van der Waals surface area contributed by atoms with Gasteiger partial charge < -0.3 is 9.47 Å². The quantitative estimate of drug-likeness (QED) is 0.692. The van der Waals surface area contributed by atoms with Crippen molar-refractivity contribution in [2.45, 2.75) is 6.04 Å². The number of aromatic nitrogens is 1. The molecule has 0 atom stereocenters. The van der Waals surface area contributed by atoms with Gasteiger partial charge in [0.1, 0.15) is 5.56 Å². The highest BCUT2D eigenvalue weighted by molar-refractivity contribution is 5.93. The van der Waals surface area contributed by atoms with Crippen molar-refractivity contribution in [3.63, 3.8) is 0 Å². The van der Waals surface area contributed by atoms with E-state index >= 15 is 0 Å². The van der Waals surface area contributed by atoms with Gasteiger partial charge in [0, 0.05) is 39.4 Å². The second-order valence-corrected chi connectivity index (χ2v) is 7.39. The summed E-state index contributed by atoms with van der Waals surface area (Å²) in [6, 6.07) is 24.5. The first-order valence-electron chi connectivity index (χ1n) is 9.94. The molecular weight excluding hydrogens is 362 g/mol. The molecule has 0 spiro atoms. The van der Waals surface area contributed by atoms with Crippen LogP contribution in [-0.4, -0.2) is 46.5 Å². The number of rotatable bonds is 4. The lowest BCUT2D eigenvalue weighted by Crippen LogP contribution is -2.50. The molecule has 1 fully saturated rings. The summed E-state index contributed by atoms with van der Waals surface area (Å²) >= 11 is 0. The molecular formula is C24H25N3O2. The lowest BCUT2D eigenvalue weighted by Gasteiger charge is -2.39. The van der Waals surface area contributed by atoms with E-state index in [0.717, 1.165) is 13.1 Å². The van der Waals surface area contributed by atoms with Crippen LogP contribution in [-0.2, 0) is 7.05 Å². The topological polar surface area (TPSA) is 45.6 Å². The number of hydrogen-bond acceptors (Lipinski definition) is 3. The number of pyridine rings is 1. The van der Waals surface area contributed by atoms with Crippen molar-refractivity contribution >= 4 is 5.91 Å². The Labute approximate surface area is 170 Å². The van der Waals surface area contributed by atoms with E-state index in [0.29, 0.717) is 13.1 Å². The Kier molecular flexibility index (Phi) is 5.58. The maximum Gasteiger partial charge on any atom is 0.263 e. The number of carbonyl (C=O) groups is 1. The van der Waals surface area contributed by atoms with Crippen LogP contribution >= 0.6 is 0 Å². The van der Waals surface area contributed by atoms with Gasteiger partial charge in [0.05, 0.1) is 6.04 Å². The van der Waals surface area contributed by atoms with Crippen LogP contribution in [0.5, 0.6) is 0 Å². The fourth-order valence-electron chi connectivity index (χ4n) is 4.00. The molecule has 0 N–H and O–H groups in total. The smallest absolute Gasteiger partial charge is 0.263 e. The van der Waals surface area contributed by atoms with Gasteiger partial charge in [0.25, 0.3) is 11.5 Å². The standard InChI is InChI=1S/C24H25N3O2/c1-25-14-8-13-21(23(25)28)24(29)27-17-15-26(16-18-27)22(19-9-4-2-5-10-19)20-11-6-3-7-12-20/h2-14,22H,15-18H2,1H3. The van der Waals surface area contributed by atoms with Crippen LogP contribution < -0.4 is 5.56 Å². The third kappa shape index (κ3) is 4.00. The maximum absolute atomic E-state index is 12.9. The molecule has 2 heterocycles. The fourth-order valence-corrected chi connectivity index (χ4v) is 4.00. The summed E-state index contributed by atoms with van der Waals surface area (Å²) in [5.41, 5.74) is 2.49. The van der Waals surface area contributed by atoms with Crippen molar-refractivity contribution in [2.75, 3.05) is 26.2 Å². The van der Waals surface area contributed by atoms with Gasteiger partial charge in [-0.05, 0) is 23.3 Å². The van der Waals surface area contributed by atoms with Gasteiger partial charge in [0.2, 0.25) is 0 Å². The van der Waals surface area contributed by atoms with E-state index < -0.39 is 0 Å². The molecule has 3 aromatic rings. The molecule has 148 valence electrons. The minimum atomic E-state index is -0.244. The van der Waals surface area contributed by atoms with Crippen LogP contribution in [0, 0.1) is 0 Å². The van der Waals surface area contributed by atoms with Crippen molar-refractivity contribution in [1.82, 2.24) is 14.4 Å². The number of piperazine rings is 1. The number of nitrogens with zero attached hydrogens (tertiary/aromatic N) is 3. The Morgan fingerprint density at radius 2 is 1.34 bits per heavy atom.